The summed E-state index contributed by atoms with van der Waals surface area (Å²) in [6.45, 7) is 2.76. The van der Waals surface area contributed by atoms with Gasteiger partial charge in [-0.2, -0.15) is 0 Å². The molecular weight excluding hydrogens is 397 g/mol. The largest absolute Gasteiger partial charge is 0.573 e. The van der Waals surface area contributed by atoms with Crippen LogP contribution in [-0.4, -0.2) is 53.2 Å². The standard InChI is InChI=1S/C18H18ClF3N4O2/c19-14-10-24-4-3-13(14)11-25-5-7-26(8-6-25)17(27)12-1-2-15(23)16(9-12)28-18(20,21)22/h1-4,9-10H,5-8,11,23H2. The Morgan fingerprint density at radius 3 is 2.57 bits per heavy atom. The van der Waals surface area contributed by atoms with E-state index in [-0.39, 0.29) is 17.2 Å². The molecule has 1 amide bonds. The molecule has 1 aromatic heterocycles. The Bertz CT molecular complexity index is 855. The lowest BCUT2D eigenvalue weighted by molar-refractivity contribution is -0.274. The van der Waals surface area contributed by atoms with Crippen molar-refractivity contribution >= 4 is 23.2 Å². The van der Waals surface area contributed by atoms with E-state index in [4.69, 9.17) is 17.3 Å². The number of aromatic nitrogens is 1. The van der Waals surface area contributed by atoms with Crippen molar-refractivity contribution in [3.63, 3.8) is 0 Å². The first-order chi connectivity index (χ1) is 13.2. The zero-order valence-electron chi connectivity index (χ0n) is 14.7. The second-order valence-electron chi connectivity index (χ2n) is 6.34. The van der Waals surface area contributed by atoms with Crippen LogP contribution in [0.3, 0.4) is 0 Å². The van der Waals surface area contributed by atoms with Gasteiger partial charge in [-0.3, -0.25) is 14.7 Å². The van der Waals surface area contributed by atoms with Gasteiger partial charge in [-0.25, -0.2) is 0 Å². The molecule has 0 spiro atoms. The van der Waals surface area contributed by atoms with Crippen molar-refractivity contribution in [2.45, 2.75) is 12.9 Å². The molecule has 28 heavy (non-hydrogen) atoms. The van der Waals surface area contributed by atoms with Crippen molar-refractivity contribution in [1.82, 2.24) is 14.8 Å². The molecule has 0 saturated carbocycles. The van der Waals surface area contributed by atoms with Crippen LogP contribution in [0.1, 0.15) is 15.9 Å². The van der Waals surface area contributed by atoms with Crippen molar-refractivity contribution in [1.29, 1.82) is 0 Å². The minimum absolute atomic E-state index is 0.0964. The lowest BCUT2D eigenvalue weighted by Gasteiger charge is -2.35. The van der Waals surface area contributed by atoms with Crippen LogP contribution in [0.2, 0.25) is 5.02 Å². The maximum absolute atomic E-state index is 12.6. The first kappa shape index (κ1) is 20.2. The van der Waals surface area contributed by atoms with Gasteiger partial charge in [0.2, 0.25) is 0 Å². The Balaban J connectivity index is 1.62. The van der Waals surface area contributed by atoms with Crippen LogP contribution in [0.15, 0.2) is 36.7 Å². The number of ether oxygens (including phenoxy) is 1. The second kappa shape index (κ2) is 8.24. The Kier molecular flexibility index (Phi) is 5.95. The summed E-state index contributed by atoms with van der Waals surface area (Å²) in [5, 5.41) is 0.583. The smallest absolute Gasteiger partial charge is 0.404 e. The number of hydrogen-bond donors (Lipinski definition) is 1. The molecule has 6 nitrogen and oxygen atoms in total. The number of halogens is 4. The van der Waals surface area contributed by atoms with E-state index in [0.29, 0.717) is 37.7 Å². The Labute approximate surface area is 164 Å². The molecular formula is C18H18ClF3N4O2. The minimum atomic E-state index is -4.88. The molecule has 1 aliphatic rings. The zero-order chi connectivity index (χ0) is 20.3. The summed E-state index contributed by atoms with van der Waals surface area (Å²) >= 11 is 6.12. The van der Waals surface area contributed by atoms with E-state index in [0.717, 1.165) is 11.6 Å². The molecule has 2 heterocycles. The number of piperazine rings is 1. The maximum Gasteiger partial charge on any atom is 0.573 e. The number of rotatable bonds is 4. The van der Waals surface area contributed by atoms with Crippen LogP contribution < -0.4 is 10.5 Å². The number of hydrogen-bond acceptors (Lipinski definition) is 5. The summed E-state index contributed by atoms with van der Waals surface area (Å²) in [5.41, 5.74) is 6.36. The van der Waals surface area contributed by atoms with E-state index in [1.54, 1.807) is 17.3 Å². The highest BCUT2D eigenvalue weighted by Gasteiger charge is 2.32. The fraction of sp³-hybridized carbons (Fsp3) is 0.333. The van der Waals surface area contributed by atoms with Crippen LogP contribution in [0.4, 0.5) is 18.9 Å². The number of amides is 1. The number of benzene rings is 1. The van der Waals surface area contributed by atoms with Crippen LogP contribution in [0.5, 0.6) is 5.75 Å². The zero-order valence-corrected chi connectivity index (χ0v) is 15.5. The van der Waals surface area contributed by atoms with Gasteiger partial charge in [-0.15, -0.1) is 13.2 Å². The number of pyridine rings is 1. The summed E-state index contributed by atoms with van der Waals surface area (Å²) in [6.07, 6.45) is -1.63. The average molecular weight is 415 g/mol. The lowest BCUT2D eigenvalue weighted by Crippen LogP contribution is -2.48. The molecule has 2 N–H and O–H groups in total. The van der Waals surface area contributed by atoms with Gasteiger partial charge in [0, 0.05) is 50.7 Å². The van der Waals surface area contributed by atoms with Gasteiger partial charge in [0.05, 0.1) is 10.7 Å². The fourth-order valence-electron chi connectivity index (χ4n) is 2.95. The first-order valence-electron chi connectivity index (χ1n) is 8.48. The molecule has 0 aliphatic carbocycles. The van der Waals surface area contributed by atoms with Crippen molar-refractivity contribution in [3.8, 4) is 5.75 Å². The predicted octanol–water partition coefficient (Wildman–Crippen LogP) is 3.17. The third-order valence-corrected chi connectivity index (χ3v) is 4.74. The number of nitrogens with zero attached hydrogens (tertiary/aromatic N) is 3. The second-order valence-corrected chi connectivity index (χ2v) is 6.74. The molecule has 2 aromatic rings. The van der Waals surface area contributed by atoms with Crippen LogP contribution in [0.25, 0.3) is 0 Å². The molecule has 0 unspecified atom stereocenters. The van der Waals surface area contributed by atoms with Crippen LogP contribution >= 0.6 is 11.6 Å². The highest BCUT2D eigenvalue weighted by atomic mass is 35.5. The molecule has 10 heteroatoms. The summed E-state index contributed by atoms with van der Waals surface area (Å²) < 4.78 is 41.3. The Morgan fingerprint density at radius 2 is 1.93 bits per heavy atom. The highest BCUT2D eigenvalue weighted by molar-refractivity contribution is 6.31. The SMILES string of the molecule is Nc1ccc(C(=O)N2CCN(Cc3ccncc3Cl)CC2)cc1OC(F)(F)F. The van der Waals surface area contributed by atoms with Gasteiger partial charge in [-0.1, -0.05) is 11.6 Å². The molecule has 1 saturated heterocycles. The van der Waals surface area contributed by atoms with Gasteiger partial charge in [0.1, 0.15) is 0 Å². The minimum Gasteiger partial charge on any atom is -0.404 e. The number of carbonyl (C=O) groups is 1. The van der Waals surface area contributed by atoms with Gasteiger partial charge >= 0.3 is 6.36 Å². The molecule has 150 valence electrons. The molecule has 3 rings (SSSR count). The van der Waals surface area contributed by atoms with Gasteiger partial charge in [0.25, 0.3) is 5.91 Å². The quantitative estimate of drug-likeness (QED) is 0.778. The van der Waals surface area contributed by atoms with E-state index in [9.17, 15) is 18.0 Å². The van der Waals surface area contributed by atoms with E-state index in [1.807, 2.05) is 6.07 Å². The monoisotopic (exact) mass is 414 g/mol. The fourth-order valence-corrected chi connectivity index (χ4v) is 3.12. The summed E-state index contributed by atoms with van der Waals surface area (Å²) in [6, 6.07) is 5.49. The number of alkyl halides is 3. The number of nitrogen functional groups attached to an aromatic ring is 1. The molecule has 0 atom stereocenters. The van der Waals surface area contributed by atoms with Crippen molar-refractivity contribution in [2.24, 2.45) is 0 Å². The normalized spacial score (nSPS) is 15.5. The summed E-state index contributed by atoms with van der Waals surface area (Å²) in [7, 11) is 0. The number of carbonyl (C=O) groups excluding carboxylic acids is 1. The maximum atomic E-state index is 12.6. The molecule has 1 aromatic carbocycles. The van der Waals surface area contributed by atoms with E-state index < -0.39 is 12.1 Å². The van der Waals surface area contributed by atoms with E-state index in [1.165, 1.54) is 12.1 Å². The molecule has 1 fully saturated rings. The predicted molar refractivity (Wildman–Crippen MR) is 98.0 cm³/mol. The Hall–Kier alpha value is -2.52. The van der Waals surface area contributed by atoms with Crippen LogP contribution in [-0.2, 0) is 6.54 Å². The lowest BCUT2D eigenvalue weighted by atomic mass is 10.1. The number of nitrogens with two attached hydrogens (primary N) is 1. The summed E-state index contributed by atoms with van der Waals surface area (Å²) in [4.78, 5) is 20.3. The Morgan fingerprint density at radius 1 is 1.21 bits per heavy atom. The average Bonchev–Trinajstić information content (AvgIpc) is 2.64. The van der Waals surface area contributed by atoms with E-state index in [2.05, 4.69) is 14.6 Å². The molecule has 1 aliphatic heterocycles. The molecule has 0 bridgehead atoms. The van der Waals surface area contributed by atoms with Gasteiger partial charge in [0.15, 0.2) is 5.75 Å². The number of anilines is 1. The third-order valence-electron chi connectivity index (χ3n) is 4.40. The van der Waals surface area contributed by atoms with Crippen molar-refractivity contribution in [2.75, 3.05) is 31.9 Å². The third kappa shape index (κ3) is 5.05. The van der Waals surface area contributed by atoms with Crippen molar-refractivity contribution in [3.05, 3.63) is 52.8 Å². The van der Waals surface area contributed by atoms with Gasteiger partial charge < -0.3 is 15.4 Å². The van der Waals surface area contributed by atoms with Crippen LogP contribution in [0, 0.1) is 0 Å². The topological polar surface area (TPSA) is 71.7 Å². The highest BCUT2D eigenvalue weighted by Crippen LogP contribution is 2.29. The van der Waals surface area contributed by atoms with Crippen molar-refractivity contribution < 1.29 is 22.7 Å². The van der Waals surface area contributed by atoms with E-state index >= 15 is 0 Å². The summed E-state index contributed by atoms with van der Waals surface area (Å²) in [5.74, 6) is -0.946. The first-order valence-corrected chi connectivity index (χ1v) is 8.86. The van der Waals surface area contributed by atoms with Gasteiger partial charge in [-0.05, 0) is 29.8 Å². The molecule has 0 radical (unpaired) electrons.